The third-order valence-corrected chi connectivity index (χ3v) is 6.10. The van der Waals surface area contributed by atoms with Crippen LogP contribution in [0.1, 0.15) is 18.3 Å². The third-order valence-electron chi connectivity index (χ3n) is 5.74. The molecule has 4 rings (SSSR count). The lowest BCUT2D eigenvalue weighted by Gasteiger charge is -2.33. The van der Waals surface area contributed by atoms with Gasteiger partial charge in [0.2, 0.25) is 0 Å². The van der Waals surface area contributed by atoms with Crippen molar-refractivity contribution in [3.63, 3.8) is 0 Å². The van der Waals surface area contributed by atoms with Crippen LogP contribution in [0.3, 0.4) is 0 Å². The highest BCUT2D eigenvalue weighted by molar-refractivity contribution is 6.31. The van der Waals surface area contributed by atoms with E-state index in [-0.39, 0.29) is 28.3 Å². The molecule has 8 nitrogen and oxygen atoms in total. The van der Waals surface area contributed by atoms with Crippen LogP contribution in [-0.2, 0) is 20.1 Å². The molecule has 160 valence electrons. The highest BCUT2D eigenvalue weighted by Crippen LogP contribution is 2.23. The summed E-state index contributed by atoms with van der Waals surface area (Å²) in [5.74, 6) is 0.147. The monoisotopic (exact) mass is 434 g/mol. The molecule has 0 amide bonds. The van der Waals surface area contributed by atoms with Crippen LogP contribution < -0.4 is 11.2 Å². The first kappa shape index (κ1) is 20.8. The van der Waals surface area contributed by atoms with Crippen molar-refractivity contribution >= 4 is 22.8 Å². The minimum absolute atomic E-state index is 0.0492. The standard InChI is InChI=1S/C20H24ClFN6O2/c1-3-26-7-9-27(10-8-26)12-16-23-18-17(19(29)24-20(30)25(18)2)28(16)11-13-14(21)5-4-6-15(13)22/h4-6H,3,7-12H2,1-2H3,(H,24,29,30). The summed E-state index contributed by atoms with van der Waals surface area (Å²) in [6.45, 7) is 7.33. The fraction of sp³-hybridized carbons (Fsp3) is 0.450. The van der Waals surface area contributed by atoms with Crippen molar-refractivity contribution in [1.29, 1.82) is 0 Å². The molecule has 0 aliphatic carbocycles. The van der Waals surface area contributed by atoms with E-state index < -0.39 is 17.1 Å². The van der Waals surface area contributed by atoms with Gasteiger partial charge in [0.25, 0.3) is 5.56 Å². The minimum atomic E-state index is -0.546. The summed E-state index contributed by atoms with van der Waals surface area (Å²) in [4.78, 5) is 36.2. The Bertz CT molecular complexity index is 1170. The molecule has 0 saturated carbocycles. The maximum Gasteiger partial charge on any atom is 0.329 e. The topological polar surface area (TPSA) is 79.2 Å². The van der Waals surface area contributed by atoms with E-state index in [9.17, 15) is 14.0 Å². The summed E-state index contributed by atoms with van der Waals surface area (Å²) in [5, 5.41) is 0.278. The van der Waals surface area contributed by atoms with Crippen LogP contribution in [0.15, 0.2) is 27.8 Å². The largest absolute Gasteiger partial charge is 0.329 e. The van der Waals surface area contributed by atoms with E-state index in [4.69, 9.17) is 11.6 Å². The van der Waals surface area contributed by atoms with Gasteiger partial charge in [0, 0.05) is 43.8 Å². The van der Waals surface area contributed by atoms with Crippen molar-refractivity contribution < 1.29 is 4.39 Å². The fourth-order valence-corrected chi connectivity index (χ4v) is 4.10. The van der Waals surface area contributed by atoms with Crippen molar-refractivity contribution in [3.05, 3.63) is 61.3 Å². The summed E-state index contributed by atoms with van der Waals surface area (Å²) in [5.41, 5.74) is -0.292. The van der Waals surface area contributed by atoms with E-state index in [2.05, 4.69) is 26.7 Å². The first-order valence-corrected chi connectivity index (χ1v) is 10.3. The number of fused-ring (bicyclic) bond motifs is 1. The molecule has 0 atom stereocenters. The molecule has 1 saturated heterocycles. The minimum Gasteiger partial charge on any atom is -0.316 e. The lowest BCUT2D eigenvalue weighted by molar-refractivity contribution is 0.128. The maximum absolute atomic E-state index is 14.5. The highest BCUT2D eigenvalue weighted by Gasteiger charge is 2.23. The third kappa shape index (κ3) is 3.80. The molecule has 2 aromatic heterocycles. The molecule has 1 aromatic carbocycles. The number of aromatic amines is 1. The van der Waals surface area contributed by atoms with Gasteiger partial charge < -0.3 is 9.47 Å². The molecule has 1 fully saturated rings. The number of hydrogen-bond donors (Lipinski definition) is 1. The van der Waals surface area contributed by atoms with Crippen LogP contribution in [-0.4, -0.2) is 61.6 Å². The second kappa shape index (κ2) is 8.33. The fourth-order valence-electron chi connectivity index (χ4n) is 3.88. The van der Waals surface area contributed by atoms with E-state index in [0.29, 0.717) is 12.4 Å². The van der Waals surface area contributed by atoms with Crippen molar-refractivity contribution in [3.8, 4) is 0 Å². The van der Waals surface area contributed by atoms with Gasteiger partial charge in [-0.1, -0.05) is 24.6 Å². The Balaban J connectivity index is 1.80. The summed E-state index contributed by atoms with van der Waals surface area (Å²) in [6, 6.07) is 4.49. The number of nitrogens with zero attached hydrogens (tertiary/aromatic N) is 5. The molecular formula is C20H24ClFN6O2. The van der Waals surface area contributed by atoms with E-state index >= 15 is 0 Å². The number of benzene rings is 1. The molecule has 1 aliphatic rings. The second-order valence-corrected chi connectivity index (χ2v) is 7.92. The zero-order chi connectivity index (χ0) is 21.4. The maximum atomic E-state index is 14.5. The summed E-state index contributed by atoms with van der Waals surface area (Å²) >= 11 is 6.24. The van der Waals surface area contributed by atoms with E-state index in [0.717, 1.165) is 32.7 Å². The van der Waals surface area contributed by atoms with Gasteiger partial charge in [0.15, 0.2) is 11.2 Å². The molecule has 0 bridgehead atoms. The van der Waals surface area contributed by atoms with Crippen molar-refractivity contribution in [2.75, 3.05) is 32.7 Å². The Labute approximate surface area is 177 Å². The zero-order valence-electron chi connectivity index (χ0n) is 17.0. The summed E-state index contributed by atoms with van der Waals surface area (Å²) < 4.78 is 17.5. The molecule has 10 heteroatoms. The quantitative estimate of drug-likeness (QED) is 0.656. The van der Waals surface area contributed by atoms with E-state index in [1.54, 1.807) is 17.7 Å². The number of aromatic nitrogens is 4. The first-order chi connectivity index (χ1) is 14.4. The Kier molecular flexibility index (Phi) is 5.77. The average molecular weight is 435 g/mol. The van der Waals surface area contributed by atoms with Crippen molar-refractivity contribution in [2.45, 2.75) is 20.0 Å². The lowest BCUT2D eigenvalue weighted by Crippen LogP contribution is -2.45. The smallest absolute Gasteiger partial charge is 0.316 e. The van der Waals surface area contributed by atoms with Gasteiger partial charge in [-0.15, -0.1) is 0 Å². The number of halogens is 2. The molecule has 1 aliphatic heterocycles. The van der Waals surface area contributed by atoms with Gasteiger partial charge in [0.05, 0.1) is 13.1 Å². The van der Waals surface area contributed by atoms with Crippen LogP contribution in [0.2, 0.25) is 5.02 Å². The summed E-state index contributed by atoms with van der Waals surface area (Å²) in [7, 11) is 1.55. The van der Waals surface area contributed by atoms with Gasteiger partial charge >= 0.3 is 5.69 Å². The SMILES string of the molecule is CCN1CCN(Cc2nc3c(c(=O)[nH]c(=O)n3C)n2Cc2c(F)cccc2Cl)CC1. The number of rotatable bonds is 5. The first-order valence-electron chi connectivity index (χ1n) is 9.95. The number of imidazole rings is 1. The van der Waals surface area contributed by atoms with Gasteiger partial charge in [0.1, 0.15) is 11.6 Å². The average Bonchev–Trinajstić information content (AvgIpc) is 3.08. The molecule has 3 heterocycles. The van der Waals surface area contributed by atoms with Crippen LogP contribution in [0, 0.1) is 5.82 Å². The molecule has 3 aromatic rings. The van der Waals surface area contributed by atoms with E-state index in [1.807, 2.05) is 0 Å². The number of nitrogens with one attached hydrogen (secondary N) is 1. The highest BCUT2D eigenvalue weighted by atomic mass is 35.5. The zero-order valence-corrected chi connectivity index (χ0v) is 17.7. The van der Waals surface area contributed by atoms with Crippen molar-refractivity contribution in [2.24, 2.45) is 7.05 Å². The Hall–Kier alpha value is -2.49. The molecule has 0 spiro atoms. The predicted octanol–water partition coefficient (Wildman–Crippen LogP) is 1.40. The second-order valence-electron chi connectivity index (χ2n) is 7.52. The van der Waals surface area contributed by atoms with E-state index in [1.165, 1.54) is 16.7 Å². The molecular weight excluding hydrogens is 411 g/mol. The Morgan fingerprint density at radius 3 is 2.50 bits per heavy atom. The predicted molar refractivity (Wildman–Crippen MR) is 113 cm³/mol. The number of H-pyrrole nitrogens is 1. The van der Waals surface area contributed by atoms with Crippen LogP contribution >= 0.6 is 11.6 Å². The molecule has 0 radical (unpaired) electrons. The van der Waals surface area contributed by atoms with Crippen LogP contribution in [0.25, 0.3) is 11.2 Å². The number of hydrogen-bond acceptors (Lipinski definition) is 5. The van der Waals surface area contributed by atoms with Gasteiger partial charge in [-0.3, -0.25) is 19.2 Å². The van der Waals surface area contributed by atoms with Crippen LogP contribution in [0.5, 0.6) is 0 Å². The lowest BCUT2D eigenvalue weighted by atomic mass is 10.2. The number of aryl methyl sites for hydroxylation is 1. The normalized spacial score (nSPS) is 15.9. The molecule has 0 unspecified atom stereocenters. The number of piperazine rings is 1. The molecule has 1 N–H and O–H groups in total. The van der Waals surface area contributed by atoms with Gasteiger partial charge in [-0.25, -0.2) is 14.2 Å². The Morgan fingerprint density at radius 2 is 1.83 bits per heavy atom. The van der Waals surface area contributed by atoms with Gasteiger partial charge in [-0.05, 0) is 18.7 Å². The number of likely N-dealkylation sites (N-methyl/N-ethyl adjacent to an activating group) is 1. The van der Waals surface area contributed by atoms with Crippen LogP contribution in [0.4, 0.5) is 4.39 Å². The Morgan fingerprint density at radius 1 is 1.13 bits per heavy atom. The van der Waals surface area contributed by atoms with Gasteiger partial charge in [-0.2, -0.15) is 0 Å². The molecule has 30 heavy (non-hydrogen) atoms. The van der Waals surface area contributed by atoms with Crippen molar-refractivity contribution in [1.82, 2.24) is 28.9 Å². The summed E-state index contributed by atoms with van der Waals surface area (Å²) in [6.07, 6.45) is 0.